The van der Waals surface area contributed by atoms with E-state index in [1.165, 1.54) is 12.1 Å². The number of primary amides is 1. The van der Waals surface area contributed by atoms with Crippen molar-refractivity contribution in [2.45, 2.75) is 25.7 Å². The first-order valence-corrected chi connectivity index (χ1v) is 6.45. The molecule has 4 N–H and O–H groups in total. The molecule has 114 valence electrons. The van der Waals surface area contributed by atoms with Crippen LogP contribution in [0.5, 0.6) is 0 Å². The maximum absolute atomic E-state index is 11.3. The van der Waals surface area contributed by atoms with E-state index in [2.05, 4.69) is 5.32 Å². The Hall–Kier alpha value is -2.64. The molecule has 0 aromatic heterocycles. The van der Waals surface area contributed by atoms with E-state index < -0.39 is 16.8 Å². The summed E-state index contributed by atoms with van der Waals surface area (Å²) in [5.74, 6) is -1.57. The average molecular weight is 295 g/mol. The van der Waals surface area contributed by atoms with Gasteiger partial charge in [-0.15, -0.1) is 0 Å². The van der Waals surface area contributed by atoms with Gasteiger partial charge in [0.2, 0.25) is 0 Å². The minimum atomic E-state index is -0.825. The molecule has 0 saturated carbocycles. The monoisotopic (exact) mass is 295 g/mol. The van der Waals surface area contributed by atoms with Gasteiger partial charge in [-0.25, -0.2) is 0 Å². The van der Waals surface area contributed by atoms with Gasteiger partial charge in [0.25, 0.3) is 11.6 Å². The number of hydrogen-bond acceptors (Lipinski definition) is 5. The lowest BCUT2D eigenvalue weighted by molar-refractivity contribution is -0.384. The van der Waals surface area contributed by atoms with Crippen LogP contribution in [0.3, 0.4) is 0 Å². The van der Waals surface area contributed by atoms with E-state index in [1.54, 1.807) is 0 Å². The van der Waals surface area contributed by atoms with Crippen molar-refractivity contribution in [2.75, 3.05) is 11.9 Å². The Balaban J connectivity index is 2.56. The molecule has 0 aliphatic carbocycles. The van der Waals surface area contributed by atoms with E-state index in [-0.39, 0.29) is 17.7 Å². The van der Waals surface area contributed by atoms with E-state index in [0.717, 1.165) is 18.9 Å². The van der Waals surface area contributed by atoms with Crippen LogP contribution in [0.25, 0.3) is 0 Å². The number of rotatable bonds is 9. The second-order valence-corrected chi connectivity index (χ2v) is 4.48. The number of hydrogen-bond donors (Lipinski definition) is 3. The van der Waals surface area contributed by atoms with Crippen molar-refractivity contribution in [3.05, 3.63) is 33.9 Å². The van der Waals surface area contributed by atoms with Crippen LogP contribution >= 0.6 is 0 Å². The number of amides is 1. The van der Waals surface area contributed by atoms with Crippen LogP contribution in [0, 0.1) is 10.1 Å². The quantitative estimate of drug-likeness (QED) is 0.361. The Kier molecular flexibility index (Phi) is 6.12. The van der Waals surface area contributed by atoms with Crippen molar-refractivity contribution >= 4 is 23.3 Å². The fourth-order valence-electron chi connectivity index (χ4n) is 1.80. The predicted molar refractivity (Wildman–Crippen MR) is 76.2 cm³/mol. The Morgan fingerprint density at radius 2 is 2.00 bits per heavy atom. The molecule has 0 heterocycles. The van der Waals surface area contributed by atoms with Gasteiger partial charge in [-0.1, -0.05) is 6.42 Å². The van der Waals surface area contributed by atoms with Crippen LogP contribution in [0.1, 0.15) is 36.0 Å². The molecule has 1 rings (SSSR count). The standard InChI is InChI=1S/C13H17N3O5/c14-13(19)10-8-9(16(20)21)5-6-11(10)15-7-3-1-2-4-12(17)18/h5-6,8,15H,1-4,7H2,(H2,14,19)(H,17,18). The van der Waals surface area contributed by atoms with E-state index >= 15 is 0 Å². The van der Waals surface area contributed by atoms with Gasteiger partial charge in [-0.05, 0) is 18.9 Å². The molecular formula is C13H17N3O5. The van der Waals surface area contributed by atoms with Gasteiger partial charge < -0.3 is 16.2 Å². The molecule has 0 aliphatic rings. The molecule has 0 fully saturated rings. The van der Waals surface area contributed by atoms with E-state index in [1.807, 2.05) is 0 Å². The molecule has 1 amide bonds. The summed E-state index contributed by atoms with van der Waals surface area (Å²) in [7, 11) is 0. The largest absolute Gasteiger partial charge is 0.481 e. The smallest absolute Gasteiger partial charge is 0.303 e. The number of carbonyl (C=O) groups excluding carboxylic acids is 1. The van der Waals surface area contributed by atoms with Crippen molar-refractivity contribution in [1.29, 1.82) is 0 Å². The number of nitrogens with one attached hydrogen (secondary N) is 1. The summed E-state index contributed by atoms with van der Waals surface area (Å²) in [5.41, 5.74) is 5.50. The number of nitrogens with two attached hydrogens (primary N) is 1. The number of unbranched alkanes of at least 4 members (excludes halogenated alkanes) is 2. The fraction of sp³-hybridized carbons (Fsp3) is 0.385. The second kappa shape index (κ2) is 7.83. The lowest BCUT2D eigenvalue weighted by Crippen LogP contribution is -2.15. The summed E-state index contributed by atoms with van der Waals surface area (Å²) in [6, 6.07) is 3.86. The van der Waals surface area contributed by atoms with Crippen LogP contribution < -0.4 is 11.1 Å². The van der Waals surface area contributed by atoms with Gasteiger partial charge in [0.15, 0.2) is 0 Å². The highest BCUT2D eigenvalue weighted by Crippen LogP contribution is 2.21. The van der Waals surface area contributed by atoms with E-state index in [0.29, 0.717) is 18.7 Å². The third-order valence-electron chi connectivity index (χ3n) is 2.86. The highest BCUT2D eigenvalue weighted by molar-refractivity contribution is 5.99. The Morgan fingerprint density at radius 3 is 2.57 bits per heavy atom. The van der Waals surface area contributed by atoms with Crippen molar-refractivity contribution in [2.24, 2.45) is 5.73 Å². The number of nitro benzene ring substituents is 1. The third kappa shape index (κ3) is 5.47. The molecule has 0 saturated heterocycles. The zero-order chi connectivity index (χ0) is 15.8. The van der Waals surface area contributed by atoms with Crippen molar-refractivity contribution in [1.82, 2.24) is 0 Å². The first-order valence-electron chi connectivity index (χ1n) is 6.45. The van der Waals surface area contributed by atoms with Crippen LogP contribution in [0.2, 0.25) is 0 Å². The normalized spacial score (nSPS) is 10.1. The number of nitrogens with zero attached hydrogens (tertiary/aromatic N) is 1. The van der Waals surface area contributed by atoms with Gasteiger partial charge in [-0.3, -0.25) is 19.7 Å². The molecule has 0 radical (unpaired) electrons. The highest BCUT2D eigenvalue weighted by Gasteiger charge is 2.14. The Morgan fingerprint density at radius 1 is 1.29 bits per heavy atom. The van der Waals surface area contributed by atoms with Gasteiger partial charge in [0.05, 0.1) is 10.5 Å². The summed E-state index contributed by atoms with van der Waals surface area (Å²) in [6.07, 6.45) is 2.17. The SMILES string of the molecule is NC(=O)c1cc([N+](=O)[O-])ccc1NCCCCCC(=O)O. The lowest BCUT2D eigenvalue weighted by atomic mass is 10.1. The maximum atomic E-state index is 11.3. The Bertz CT molecular complexity index is 545. The molecule has 1 aromatic rings. The fourth-order valence-corrected chi connectivity index (χ4v) is 1.80. The van der Waals surface area contributed by atoms with Gasteiger partial charge in [0.1, 0.15) is 0 Å². The van der Waals surface area contributed by atoms with Crippen molar-refractivity contribution in [3.8, 4) is 0 Å². The molecule has 21 heavy (non-hydrogen) atoms. The number of nitro groups is 1. The topological polar surface area (TPSA) is 136 Å². The molecule has 0 unspecified atom stereocenters. The number of anilines is 1. The minimum Gasteiger partial charge on any atom is -0.481 e. The number of carboxylic acid groups (broad SMARTS) is 1. The molecule has 0 spiro atoms. The van der Waals surface area contributed by atoms with Crippen LogP contribution in [0.15, 0.2) is 18.2 Å². The second-order valence-electron chi connectivity index (χ2n) is 4.48. The third-order valence-corrected chi connectivity index (χ3v) is 2.86. The zero-order valence-electron chi connectivity index (χ0n) is 11.4. The van der Waals surface area contributed by atoms with Crippen LogP contribution in [-0.4, -0.2) is 28.5 Å². The first-order chi connectivity index (χ1) is 9.91. The summed E-state index contributed by atoms with van der Waals surface area (Å²) >= 11 is 0. The molecule has 8 nitrogen and oxygen atoms in total. The molecule has 1 aromatic carbocycles. The summed E-state index contributed by atoms with van der Waals surface area (Å²) in [6.45, 7) is 0.526. The van der Waals surface area contributed by atoms with Crippen molar-refractivity contribution in [3.63, 3.8) is 0 Å². The number of aliphatic carboxylic acids is 1. The summed E-state index contributed by atoms with van der Waals surface area (Å²) in [5, 5.41) is 22.1. The number of carboxylic acids is 1. The van der Waals surface area contributed by atoms with Gasteiger partial charge in [-0.2, -0.15) is 0 Å². The van der Waals surface area contributed by atoms with E-state index in [4.69, 9.17) is 10.8 Å². The summed E-state index contributed by atoms with van der Waals surface area (Å²) in [4.78, 5) is 31.7. The van der Waals surface area contributed by atoms with Gasteiger partial charge >= 0.3 is 5.97 Å². The molecular weight excluding hydrogens is 278 g/mol. The number of non-ortho nitro benzene ring substituents is 1. The first kappa shape index (κ1) is 16.4. The average Bonchev–Trinajstić information content (AvgIpc) is 2.42. The van der Waals surface area contributed by atoms with Crippen LogP contribution in [0.4, 0.5) is 11.4 Å². The van der Waals surface area contributed by atoms with Crippen LogP contribution in [-0.2, 0) is 4.79 Å². The molecule has 0 aliphatic heterocycles. The number of carbonyl (C=O) groups is 2. The zero-order valence-corrected chi connectivity index (χ0v) is 11.4. The summed E-state index contributed by atoms with van der Waals surface area (Å²) < 4.78 is 0. The van der Waals surface area contributed by atoms with Gasteiger partial charge in [0, 0.05) is 30.8 Å². The highest BCUT2D eigenvalue weighted by atomic mass is 16.6. The Labute approximate surface area is 121 Å². The molecule has 0 atom stereocenters. The van der Waals surface area contributed by atoms with E-state index in [9.17, 15) is 19.7 Å². The lowest BCUT2D eigenvalue weighted by Gasteiger charge is -2.09. The molecule has 8 heteroatoms. The molecule has 0 bridgehead atoms. The maximum Gasteiger partial charge on any atom is 0.303 e. The van der Waals surface area contributed by atoms with Crippen molar-refractivity contribution < 1.29 is 19.6 Å². The predicted octanol–water partition coefficient (Wildman–Crippen LogP) is 1.75. The minimum absolute atomic E-state index is 0.0646. The number of benzene rings is 1.